The van der Waals surface area contributed by atoms with E-state index >= 15 is 0 Å². The molecule has 2 aromatic rings. The fourth-order valence-electron chi connectivity index (χ4n) is 1.44. The Hall–Kier alpha value is -1.58. The number of nitrogens with one attached hydrogen (secondary N) is 1. The van der Waals surface area contributed by atoms with Gasteiger partial charge in [-0.05, 0) is 22.9 Å². The molecule has 0 radical (unpaired) electrons. The molecule has 0 aliphatic rings. The minimum absolute atomic E-state index is 0.190. The van der Waals surface area contributed by atoms with Crippen molar-refractivity contribution in [1.29, 1.82) is 0 Å². The van der Waals surface area contributed by atoms with Gasteiger partial charge in [-0.15, -0.1) is 11.3 Å². The second kappa shape index (κ2) is 5.59. The lowest BCUT2D eigenvalue weighted by molar-refractivity contribution is 0.0953. The topological polar surface area (TPSA) is 103 Å². The largest absolute Gasteiger partial charge is 0.294 e. The highest BCUT2D eigenvalue weighted by atomic mass is 79.9. The predicted molar refractivity (Wildman–Crippen MR) is 73.8 cm³/mol. The first-order valence-corrected chi connectivity index (χ1v) is 6.87. The number of hydrogen-bond acceptors (Lipinski definition) is 6. The van der Waals surface area contributed by atoms with Crippen molar-refractivity contribution in [2.45, 2.75) is 13.5 Å². The van der Waals surface area contributed by atoms with Crippen LogP contribution in [0.3, 0.4) is 0 Å². The van der Waals surface area contributed by atoms with Crippen LogP contribution in [0.2, 0.25) is 0 Å². The maximum atomic E-state index is 11.9. The van der Waals surface area contributed by atoms with Crippen molar-refractivity contribution < 1.29 is 4.79 Å². The van der Waals surface area contributed by atoms with Crippen molar-refractivity contribution in [2.75, 3.05) is 0 Å². The number of carbonyl (C=O) groups is 1. The molecule has 0 spiro atoms. The van der Waals surface area contributed by atoms with Crippen LogP contribution in [0.4, 0.5) is 0 Å². The third-order valence-electron chi connectivity index (χ3n) is 2.40. The van der Waals surface area contributed by atoms with E-state index in [4.69, 9.17) is 5.84 Å². The van der Waals surface area contributed by atoms with E-state index in [1.807, 2.05) is 5.43 Å². The van der Waals surface area contributed by atoms with E-state index in [9.17, 15) is 9.59 Å². The maximum absolute atomic E-state index is 11.9. The van der Waals surface area contributed by atoms with Crippen LogP contribution in [0.1, 0.15) is 21.3 Å². The van der Waals surface area contributed by atoms with Crippen molar-refractivity contribution in [3.05, 3.63) is 42.9 Å². The van der Waals surface area contributed by atoms with Gasteiger partial charge in [0.15, 0.2) is 5.01 Å². The predicted octanol–water partition coefficient (Wildman–Crippen LogP) is 0.423. The monoisotopic (exact) mass is 343 g/mol. The number of aryl methyl sites for hydroxylation is 1. The SMILES string of the molecule is Cc1ncc(Br)c(=O)n1Cc1csc(C(=O)NN)n1. The molecular weight excluding hydrogens is 334 g/mol. The number of nitrogen functional groups attached to an aromatic ring is 1. The van der Waals surface area contributed by atoms with Gasteiger partial charge in [0, 0.05) is 11.6 Å². The molecule has 0 unspecified atom stereocenters. The fourth-order valence-corrected chi connectivity index (χ4v) is 2.47. The Kier molecular flexibility index (Phi) is 4.08. The van der Waals surface area contributed by atoms with Gasteiger partial charge in [-0.1, -0.05) is 0 Å². The molecule has 2 aromatic heterocycles. The van der Waals surface area contributed by atoms with Gasteiger partial charge in [0.25, 0.3) is 11.5 Å². The van der Waals surface area contributed by atoms with Gasteiger partial charge < -0.3 is 0 Å². The van der Waals surface area contributed by atoms with E-state index in [-0.39, 0.29) is 17.1 Å². The number of amides is 1. The highest BCUT2D eigenvalue weighted by Crippen LogP contribution is 2.11. The summed E-state index contributed by atoms with van der Waals surface area (Å²) >= 11 is 4.31. The van der Waals surface area contributed by atoms with E-state index < -0.39 is 5.91 Å². The number of rotatable bonds is 3. The number of aromatic nitrogens is 3. The summed E-state index contributed by atoms with van der Waals surface area (Å²) in [6, 6.07) is 0. The minimum Gasteiger partial charge on any atom is -0.290 e. The zero-order chi connectivity index (χ0) is 14.0. The summed E-state index contributed by atoms with van der Waals surface area (Å²) in [6.45, 7) is 1.99. The van der Waals surface area contributed by atoms with Crippen LogP contribution in [0, 0.1) is 6.92 Å². The standard InChI is InChI=1S/C10H10BrN5O2S/c1-5-13-2-7(11)10(18)16(5)3-6-4-19-9(14-6)8(17)15-12/h2,4H,3,12H2,1H3,(H,15,17). The summed E-state index contributed by atoms with van der Waals surface area (Å²) in [6.07, 6.45) is 1.46. The molecule has 7 nitrogen and oxygen atoms in total. The molecule has 1 amide bonds. The minimum atomic E-state index is -0.451. The lowest BCUT2D eigenvalue weighted by Crippen LogP contribution is -2.30. The molecule has 3 N–H and O–H groups in total. The van der Waals surface area contributed by atoms with E-state index in [2.05, 4.69) is 25.9 Å². The van der Waals surface area contributed by atoms with Gasteiger partial charge in [0.1, 0.15) is 10.3 Å². The molecule has 0 aliphatic heterocycles. The highest BCUT2D eigenvalue weighted by molar-refractivity contribution is 9.10. The van der Waals surface area contributed by atoms with Crippen LogP contribution in [0.15, 0.2) is 20.8 Å². The molecular formula is C10H10BrN5O2S. The third kappa shape index (κ3) is 2.88. The van der Waals surface area contributed by atoms with Crippen LogP contribution in [-0.4, -0.2) is 20.4 Å². The Morgan fingerprint density at radius 3 is 3.05 bits per heavy atom. The molecule has 0 atom stereocenters. The van der Waals surface area contributed by atoms with Crippen molar-refractivity contribution in [3.8, 4) is 0 Å². The fraction of sp³-hybridized carbons (Fsp3) is 0.200. The maximum Gasteiger partial charge on any atom is 0.294 e. The third-order valence-corrected chi connectivity index (χ3v) is 3.84. The van der Waals surface area contributed by atoms with Gasteiger partial charge in [-0.2, -0.15) is 0 Å². The first kappa shape index (κ1) is 13.8. The normalized spacial score (nSPS) is 10.5. The average molecular weight is 344 g/mol. The molecule has 2 rings (SSSR count). The summed E-state index contributed by atoms with van der Waals surface area (Å²) < 4.78 is 1.86. The number of hydrazine groups is 1. The zero-order valence-corrected chi connectivity index (χ0v) is 12.3. The molecule has 0 aromatic carbocycles. The summed E-state index contributed by atoms with van der Waals surface area (Å²) in [4.78, 5) is 31.4. The van der Waals surface area contributed by atoms with Gasteiger partial charge in [0.05, 0.1) is 12.2 Å². The number of thiazole rings is 1. The smallest absolute Gasteiger partial charge is 0.290 e. The summed E-state index contributed by atoms with van der Waals surface area (Å²) in [5.41, 5.74) is 2.43. The lowest BCUT2D eigenvalue weighted by Gasteiger charge is -2.07. The lowest BCUT2D eigenvalue weighted by atomic mass is 10.4. The second-order valence-electron chi connectivity index (χ2n) is 3.66. The van der Waals surface area contributed by atoms with E-state index in [0.717, 1.165) is 0 Å². The Morgan fingerprint density at radius 2 is 2.37 bits per heavy atom. The Morgan fingerprint density at radius 1 is 1.63 bits per heavy atom. The molecule has 0 aliphatic carbocycles. The van der Waals surface area contributed by atoms with Gasteiger partial charge in [0.2, 0.25) is 0 Å². The Labute approximate surface area is 120 Å². The van der Waals surface area contributed by atoms with Crippen LogP contribution in [-0.2, 0) is 6.54 Å². The van der Waals surface area contributed by atoms with Gasteiger partial charge in [-0.25, -0.2) is 15.8 Å². The molecule has 9 heteroatoms. The summed E-state index contributed by atoms with van der Waals surface area (Å²) in [5, 5.41) is 1.96. The van der Waals surface area contributed by atoms with Crippen LogP contribution in [0.25, 0.3) is 0 Å². The molecule has 0 bridgehead atoms. The van der Waals surface area contributed by atoms with Gasteiger partial charge in [-0.3, -0.25) is 19.6 Å². The molecule has 0 saturated carbocycles. The molecule has 19 heavy (non-hydrogen) atoms. The van der Waals surface area contributed by atoms with Gasteiger partial charge >= 0.3 is 0 Å². The first-order chi connectivity index (χ1) is 9.02. The number of nitrogens with two attached hydrogens (primary N) is 1. The van der Waals surface area contributed by atoms with Crippen molar-refractivity contribution in [2.24, 2.45) is 5.84 Å². The molecule has 0 fully saturated rings. The quantitative estimate of drug-likeness (QED) is 0.477. The molecule has 0 saturated heterocycles. The van der Waals surface area contributed by atoms with Crippen molar-refractivity contribution in [1.82, 2.24) is 20.0 Å². The second-order valence-corrected chi connectivity index (χ2v) is 5.37. The van der Waals surface area contributed by atoms with Crippen LogP contribution >= 0.6 is 27.3 Å². The van der Waals surface area contributed by atoms with E-state index in [1.165, 1.54) is 22.1 Å². The van der Waals surface area contributed by atoms with Crippen LogP contribution in [0.5, 0.6) is 0 Å². The van der Waals surface area contributed by atoms with E-state index in [0.29, 0.717) is 16.0 Å². The Bertz CT molecular complexity index is 681. The van der Waals surface area contributed by atoms with E-state index in [1.54, 1.807) is 12.3 Å². The van der Waals surface area contributed by atoms with Crippen molar-refractivity contribution in [3.63, 3.8) is 0 Å². The number of hydrogen-bond donors (Lipinski definition) is 2. The summed E-state index contributed by atoms with van der Waals surface area (Å²) in [5.74, 6) is 5.15. The highest BCUT2D eigenvalue weighted by Gasteiger charge is 2.12. The zero-order valence-electron chi connectivity index (χ0n) is 9.88. The van der Waals surface area contributed by atoms with Crippen LogP contribution < -0.4 is 16.8 Å². The molecule has 100 valence electrons. The summed E-state index contributed by atoms with van der Waals surface area (Å²) in [7, 11) is 0. The first-order valence-electron chi connectivity index (χ1n) is 5.20. The Balaban J connectivity index is 2.32. The van der Waals surface area contributed by atoms with Crippen molar-refractivity contribution >= 4 is 33.2 Å². The average Bonchev–Trinajstić information content (AvgIpc) is 2.87. The number of halogens is 1. The number of carbonyl (C=O) groups excluding carboxylic acids is 1. The molecule has 2 heterocycles. The number of nitrogens with zero attached hydrogens (tertiary/aromatic N) is 3.